The number of benzene rings is 3. The molecule has 0 aliphatic carbocycles. The number of phenols is 2. The van der Waals surface area contributed by atoms with Crippen LogP contribution in [0.15, 0.2) is 60.7 Å². The van der Waals surface area contributed by atoms with Crippen LogP contribution >= 0.6 is 46.4 Å². The quantitative estimate of drug-likeness (QED) is 0.390. The molecule has 0 saturated carbocycles. The fourth-order valence-electron chi connectivity index (χ4n) is 1.65. The van der Waals surface area contributed by atoms with E-state index >= 15 is 0 Å². The zero-order valence-electron chi connectivity index (χ0n) is 14.1. The van der Waals surface area contributed by atoms with Crippen LogP contribution in [0.5, 0.6) is 11.5 Å². The summed E-state index contributed by atoms with van der Waals surface area (Å²) in [4.78, 5) is 0. The van der Waals surface area contributed by atoms with Gasteiger partial charge in [-0.1, -0.05) is 82.8 Å². The number of aromatic hydroxyl groups is 2. The minimum absolute atomic E-state index is 0.0917. The first kappa shape index (κ1) is 23.4. The molecule has 0 heterocycles. The zero-order chi connectivity index (χ0) is 21.1. The molecule has 0 unspecified atom stereocenters. The van der Waals surface area contributed by atoms with Crippen LogP contribution in [-0.2, 0) is 0 Å². The number of nitrogens with zero attached hydrogens (tertiary/aromatic N) is 2. The zero-order valence-corrected chi connectivity index (χ0v) is 17.1. The van der Waals surface area contributed by atoms with E-state index in [1.54, 1.807) is 0 Å². The highest BCUT2D eigenvalue weighted by Gasteiger charge is 2.06. The van der Waals surface area contributed by atoms with Gasteiger partial charge in [0, 0.05) is 0 Å². The molecule has 3 aromatic rings. The summed E-state index contributed by atoms with van der Waals surface area (Å²) in [7, 11) is 0. The Hall–Kier alpha value is -2.60. The van der Waals surface area contributed by atoms with E-state index in [9.17, 15) is 0 Å². The molecule has 2 N–H and O–H groups in total. The van der Waals surface area contributed by atoms with Crippen LogP contribution in [0.1, 0.15) is 11.1 Å². The van der Waals surface area contributed by atoms with Crippen molar-refractivity contribution in [2.45, 2.75) is 0 Å². The first-order valence-electron chi connectivity index (χ1n) is 7.46. The molecule has 0 amide bonds. The van der Waals surface area contributed by atoms with Gasteiger partial charge in [0.2, 0.25) is 0 Å². The van der Waals surface area contributed by atoms with Gasteiger partial charge >= 0.3 is 0 Å². The summed E-state index contributed by atoms with van der Waals surface area (Å²) in [5, 5.41) is 35.3. The Morgan fingerprint density at radius 1 is 0.536 bits per heavy atom. The molecule has 0 fully saturated rings. The standard InChI is InChI=1S/2C7H3Cl2NO.C6H6/c2*8-5-1-4(3-10)2-6(9)7(5)11;1-2-4-6-5-3-1/h2*1-2,11H;1-6H. The lowest BCUT2D eigenvalue weighted by atomic mass is 10.2. The predicted octanol–water partition coefficient (Wildman–Crippen LogP) is 6.83. The minimum Gasteiger partial charge on any atom is -0.505 e. The van der Waals surface area contributed by atoms with Crippen LogP contribution in [0.2, 0.25) is 20.1 Å². The Balaban J connectivity index is 0.000000219. The summed E-state index contributed by atoms with van der Waals surface area (Å²) in [5.41, 5.74) is 0.663. The van der Waals surface area contributed by atoms with Gasteiger partial charge in [-0.15, -0.1) is 0 Å². The van der Waals surface area contributed by atoms with Gasteiger partial charge in [-0.25, -0.2) is 0 Å². The monoisotopic (exact) mass is 452 g/mol. The third-order valence-electron chi connectivity index (χ3n) is 2.96. The molecule has 0 aliphatic rings. The van der Waals surface area contributed by atoms with Crippen LogP contribution in [0.3, 0.4) is 0 Å². The summed E-state index contributed by atoms with van der Waals surface area (Å²) in [5.74, 6) is -0.375. The van der Waals surface area contributed by atoms with Crippen molar-refractivity contribution in [1.29, 1.82) is 10.5 Å². The summed E-state index contributed by atoms with van der Waals surface area (Å²) in [6.45, 7) is 0. The minimum atomic E-state index is -0.188. The molecule has 4 nitrogen and oxygen atoms in total. The van der Waals surface area contributed by atoms with Crippen molar-refractivity contribution < 1.29 is 10.2 Å². The predicted molar refractivity (Wildman–Crippen MR) is 112 cm³/mol. The van der Waals surface area contributed by atoms with Gasteiger partial charge in [-0.2, -0.15) is 10.5 Å². The highest BCUT2D eigenvalue weighted by Crippen LogP contribution is 2.33. The largest absolute Gasteiger partial charge is 0.505 e. The number of rotatable bonds is 0. The summed E-state index contributed by atoms with van der Waals surface area (Å²) in [6.07, 6.45) is 0. The van der Waals surface area contributed by atoms with Gasteiger partial charge in [0.1, 0.15) is 0 Å². The lowest BCUT2D eigenvalue weighted by molar-refractivity contribution is 0.475. The van der Waals surface area contributed by atoms with Gasteiger partial charge in [-0.3, -0.25) is 0 Å². The van der Waals surface area contributed by atoms with E-state index in [1.807, 2.05) is 48.5 Å². The lowest BCUT2D eigenvalue weighted by Crippen LogP contribution is -1.76. The van der Waals surface area contributed by atoms with E-state index in [4.69, 9.17) is 67.1 Å². The van der Waals surface area contributed by atoms with E-state index in [1.165, 1.54) is 24.3 Å². The normalized spacial score (nSPS) is 8.93. The van der Waals surface area contributed by atoms with Gasteiger partial charge < -0.3 is 10.2 Å². The fraction of sp³-hybridized carbons (Fsp3) is 0. The molecule has 3 aromatic carbocycles. The number of halogens is 4. The Morgan fingerprint density at radius 2 is 0.750 bits per heavy atom. The topological polar surface area (TPSA) is 88.0 Å². The summed E-state index contributed by atoms with van der Waals surface area (Å²) in [6, 6.07) is 21.1. The third-order valence-corrected chi connectivity index (χ3v) is 4.11. The van der Waals surface area contributed by atoms with Crippen molar-refractivity contribution >= 4 is 46.4 Å². The summed E-state index contributed by atoms with van der Waals surface area (Å²) < 4.78 is 0. The van der Waals surface area contributed by atoms with Gasteiger partial charge in [-0.05, 0) is 24.3 Å². The molecule has 3 rings (SSSR count). The Kier molecular flexibility index (Phi) is 10.0. The van der Waals surface area contributed by atoms with Gasteiger partial charge in [0.15, 0.2) is 11.5 Å². The van der Waals surface area contributed by atoms with E-state index in [0.717, 1.165) is 0 Å². The molecular weight excluding hydrogens is 442 g/mol. The maximum Gasteiger partial charge on any atom is 0.152 e. The molecule has 142 valence electrons. The molecule has 0 bridgehead atoms. The van der Waals surface area contributed by atoms with E-state index in [0.29, 0.717) is 11.1 Å². The first-order valence-corrected chi connectivity index (χ1v) is 8.97. The third kappa shape index (κ3) is 7.56. The second-order valence-electron chi connectivity index (χ2n) is 4.96. The molecule has 28 heavy (non-hydrogen) atoms. The van der Waals surface area contributed by atoms with E-state index in [-0.39, 0.29) is 31.6 Å². The molecular formula is C20H12Cl4N2O2. The molecule has 0 aliphatic heterocycles. The average molecular weight is 454 g/mol. The Labute approximate surface area is 182 Å². The van der Waals surface area contributed by atoms with Crippen LogP contribution in [0.4, 0.5) is 0 Å². The molecule has 8 heteroatoms. The van der Waals surface area contributed by atoms with Crippen molar-refractivity contribution in [3.63, 3.8) is 0 Å². The fourth-order valence-corrected chi connectivity index (χ4v) is 2.62. The number of hydrogen-bond donors (Lipinski definition) is 2. The molecule has 0 radical (unpaired) electrons. The number of phenolic OH excluding ortho intramolecular Hbond substituents is 2. The van der Waals surface area contributed by atoms with Crippen LogP contribution in [0.25, 0.3) is 0 Å². The molecule has 0 saturated heterocycles. The highest BCUT2D eigenvalue weighted by atomic mass is 35.5. The van der Waals surface area contributed by atoms with E-state index < -0.39 is 0 Å². The van der Waals surface area contributed by atoms with Gasteiger partial charge in [0.05, 0.1) is 43.4 Å². The first-order chi connectivity index (χ1) is 13.3. The van der Waals surface area contributed by atoms with Crippen molar-refractivity contribution in [2.24, 2.45) is 0 Å². The molecule has 0 aromatic heterocycles. The SMILES string of the molecule is N#Cc1cc(Cl)c(O)c(Cl)c1.N#Cc1cc(Cl)c(O)c(Cl)c1.c1ccccc1. The number of hydrogen-bond acceptors (Lipinski definition) is 4. The number of nitriles is 2. The summed E-state index contributed by atoms with van der Waals surface area (Å²) >= 11 is 22.0. The van der Waals surface area contributed by atoms with Crippen LogP contribution < -0.4 is 0 Å². The van der Waals surface area contributed by atoms with Crippen molar-refractivity contribution in [2.75, 3.05) is 0 Å². The van der Waals surface area contributed by atoms with Crippen LogP contribution in [0, 0.1) is 22.7 Å². The van der Waals surface area contributed by atoms with Crippen molar-refractivity contribution in [3.05, 3.63) is 91.9 Å². The second kappa shape index (κ2) is 12.0. The van der Waals surface area contributed by atoms with Crippen molar-refractivity contribution in [1.82, 2.24) is 0 Å². The Morgan fingerprint density at radius 3 is 0.929 bits per heavy atom. The lowest BCUT2D eigenvalue weighted by Gasteiger charge is -1.98. The second-order valence-corrected chi connectivity index (χ2v) is 6.58. The molecule has 0 spiro atoms. The smallest absolute Gasteiger partial charge is 0.152 e. The molecule has 0 atom stereocenters. The Bertz CT molecular complexity index is 873. The maximum absolute atomic E-state index is 9.05. The average Bonchev–Trinajstić information content (AvgIpc) is 2.71. The van der Waals surface area contributed by atoms with Gasteiger partial charge in [0.25, 0.3) is 0 Å². The van der Waals surface area contributed by atoms with E-state index in [2.05, 4.69) is 0 Å². The highest BCUT2D eigenvalue weighted by molar-refractivity contribution is 6.37. The van der Waals surface area contributed by atoms with Crippen molar-refractivity contribution in [3.8, 4) is 23.6 Å². The van der Waals surface area contributed by atoms with Crippen LogP contribution in [-0.4, -0.2) is 10.2 Å². The maximum atomic E-state index is 9.05.